The van der Waals surface area contributed by atoms with Crippen molar-refractivity contribution in [1.82, 2.24) is 10.6 Å². The minimum atomic E-state index is 0. The van der Waals surface area contributed by atoms with Gasteiger partial charge in [-0.25, -0.2) is 0 Å². The number of halogens is 1. The van der Waals surface area contributed by atoms with Crippen LogP contribution in [0.4, 0.5) is 0 Å². The molecule has 2 aliphatic carbocycles. The van der Waals surface area contributed by atoms with Gasteiger partial charge in [0.1, 0.15) is 0 Å². The molecule has 17 heavy (non-hydrogen) atoms. The molecule has 1 amide bonds. The highest BCUT2D eigenvalue weighted by Crippen LogP contribution is 2.32. The smallest absolute Gasteiger partial charge is 0.223 e. The summed E-state index contributed by atoms with van der Waals surface area (Å²) in [6.07, 6.45) is 7.28. The molecule has 1 unspecified atom stereocenters. The van der Waals surface area contributed by atoms with Crippen LogP contribution in [0, 0.1) is 11.8 Å². The van der Waals surface area contributed by atoms with Gasteiger partial charge in [-0.1, -0.05) is 6.42 Å². The van der Waals surface area contributed by atoms with E-state index in [0.29, 0.717) is 12.0 Å². The number of carbonyl (C=O) groups excluding carboxylic acids is 1. The highest BCUT2D eigenvalue weighted by molar-refractivity contribution is 5.85. The molecule has 2 aliphatic rings. The molecular formula is C13H25ClN2O. The predicted molar refractivity (Wildman–Crippen MR) is 72.4 cm³/mol. The molecule has 2 N–H and O–H groups in total. The quantitative estimate of drug-likeness (QED) is 0.689. The van der Waals surface area contributed by atoms with Gasteiger partial charge >= 0.3 is 0 Å². The molecule has 100 valence electrons. The van der Waals surface area contributed by atoms with Crippen molar-refractivity contribution < 1.29 is 4.79 Å². The Morgan fingerprint density at radius 2 is 1.94 bits per heavy atom. The van der Waals surface area contributed by atoms with Crippen LogP contribution in [0.5, 0.6) is 0 Å². The maximum Gasteiger partial charge on any atom is 0.223 e. The van der Waals surface area contributed by atoms with Crippen molar-refractivity contribution in [3.63, 3.8) is 0 Å². The fourth-order valence-electron chi connectivity index (χ4n) is 2.21. The number of nitrogens with one attached hydrogen (secondary N) is 2. The van der Waals surface area contributed by atoms with E-state index >= 15 is 0 Å². The zero-order valence-corrected chi connectivity index (χ0v) is 11.5. The molecule has 0 aromatic rings. The van der Waals surface area contributed by atoms with Gasteiger partial charge in [0.25, 0.3) is 0 Å². The maximum atomic E-state index is 11.5. The van der Waals surface area contributed by atoms with E-state index in [2.05, 4.69) is 17.6 Å². The Morgan fingerprint density at radius 3 is 2.47 bits per heavy atom. The third-order valence-electron chi connectivity index (χ3n) is 3.92. The lowest BCUT2D eigenvalue weighted by molar-refractivity contribution is -0.127. The summed E-state index contributed by atoms with van der Waals surface area (Å²) in [5.41, 5.74) is 0. The zero-order chi connectivity index (χ0) is 11.4. The molecular weight excluding hydrogens is 236 g/mol. The summed E-state index contributed by atoms with van der Waals surface area (Å²) in [7, 11) is 0. The molecule has 0 aromatic carbocycles. The molecule has 2 rings (SSSR count). The van der Waals surface area contributed by atoms with E-state index in [1.165, 1.54) is 19.3 Å². The second-order valence-electron chi connectivity index (χ2n) is 5.35. The second kappa shape index (κ2) is 7.22. The Balaban J connectivity index is 0.00000144. The van der Waals surface area contributed by atoms with Crippen LogP contribution in [0.25, 0.3) is 0 Å². The van der Waals surface area contributed by atoms with Gasteiger partial charge in [0, 0.05) is 18.5 Å². The van der Waals surface area contributed by atoms with Gasteiger partial charge in [-0.15, -0.1) is 12.4 Å². The number of amides is 1. The SMILES string of the molecule is CC(NCCCNC(=O)C1CCC1)C1CC1.Cl. The minimum Gasteiger partial charge on any atom is -0.356 e. The summed E-state index contributed by atoms with van der Waals surface area (Å²) in [5.74, 6) is 1.53. The van der Waals surface area contributed by atoms with Gasteiger partial charge in [0.2, 0.25) is 5.91 Å². The lowest BCUT2D eigenvalue weighted by Gasteiger charge is -2.24. The molecule has 4 heteroatoms. The van der Waals surface area contributed by atoms with Crippen LogP contribution in [0.15, 0.2) is 0 Å². The van der Waals surface area contributed by atoms with E-state index in [9.17, 15) is 4.79 Å². The number of hydrogen-bond donors (Lipinski definition) is 2. The maximum absolute atomic E-state index is 11.5. The van der Waals surface area contributed by atoms with Gasteiger partial charge in [-0.3, -0.25) is 4.79 Å². The fraction of sp³-hybridized carbons (Fsp3) is 0.923. The Kier molecular flexibility index (Phi) is 6.28. The molecule has 2 saturated carbocycles. The van der Waals surface area contributed by atoms with Crippen molar-refractivity contribution in [2.24, 2.45) is 11.8 Å². The molecule has 0 spiro atoms. The summed E-state index contributed by atoms with van der Waals surface area (Å²) >= 11 is 0. The standard InChI is InChI=1S/C13H24N2O.ClH/c1-10(11-6-7-11)14-8-3-9-15-13(16)12-4-2-5-12;/h10-12,14H,2-9H2,1H3,(H,15,16);1H. The second-order valence-corrected chi connectivity index (χ2v) is 5.35. The molecule has 0 saturated heterocycles. The lowest BCUT2D eigenvalue weighted by atomic mass is 9.85. The normalized spacial score (nSPS) is 21.2. The van der Waals surface area contributed by atoms with Crippen molar-refractivity contribution in [3.8, 4) is 0 Å². The monoisotopic (exact) mass is 260 g/mol. The first-order chi connectivity index (χ1) is 7.77. The van der Waals surface area contributed by atoms with E-state index in [-0.39, 0.29) is 18.3 Å². The first-order valence-electron chi connectivity index (χ1n) is 6.78. The van der Waals surface area contributed by atoms with E-state index in [1.807, 2.05) is 0 Å². The molecule has 2 fully saturated rings. The first kappa shape index (κ1) is 14.8. The van der Waals surface area contributed by atoms with Crippen LogP contribution in [0.3, 0.4) is 0 Å². The van der Waals surface area contributed by atoms with Crippen LogP contribution < -0.4 is 10.6 Å². The molecule has 1 atom stereocenters. The topological polar surface area (TPSA) is 41.1 Å². The van der Waals surface area contributed by atoms with Crippen LogP contribution in [0.2, 0.25) is 0 Å². The van der Waals surface area contributed by atoms with Gasteiger partial charge < -0.3 is 10.6 Å². The van der Waals surface area contributed by atoms with Gasteiger partial charge in [-0.05, 0) is 51.5 Å². The third kappa shape index (κ3) is 4.84. The van der Waals surface area contributed by atoms with E-state index in [4.69, 9.17) is 0 Å². The summed E-state index contributed by atoms with van der Waals surface area (Å²) in [6, 6.07) is 0.669. The van der Waals surface area contributed by atoms with Crippen molar-refractivity contribution in [1.29, 1.82) is 0 Å². The van der Waals surface area contributed by atoms with Crippen molar-refractivity contribution in [2.75, 3.05) is 13.1 Å². The average Bonchev–Trinajstić information content (AvgIpc) is 2.97. The molecule has 0 radical (unpaired) electrons. The Labute approximate surface area is 111 Å². The Hall–Kier alpha value is -0.280. The van der Waals surface area contributed by atoms with Gasteiger partial charge in [0.05, 0.1) is 0 Å². The van der Waals surface area contributed by atoms with Gasteiger partial charge in [0.15, 0.2) is 0 Å². The van der Waals surface area contributed by atoms with Crippen LogP contribution in [0.1, 0.15) is 45.4 Å². The largest absolute Gasteiger partial charge is 0.356 e. The molecule has 0 aliphatic heterocycles. The average molecular weight is 261 g/mol. The van der Waals surface area contributed by atoms with Crippen LogP contribution >= 0.6 is 12.4 Å². The predicted octanol–water partition coefficient (Wildman–Crippen LogP) is 2.10. The van der Waals surface area contributed by atoms with E-state index < -0.39 is 0 Å². The van der Waals surface area contributed by atoms with Crippen LogP contribution in [-0.2, 0) is 4.79 Å². The molecule has 0 heterocycles. The van der Waals surface area contributed by atoms with E-state index in [0.717, 1.165) is 38.3 Å². The fourth-order valence-corrected chi connectivity index (χ4v) is 2.21. The van der Waals surface area contributed by atoms with E-state index in [1.54, 1.807) is 0 Å². The zero-order valence-electron chi connectivity index (χ0n) is 10.7. The van der Waals surface area contributed by atoms with Crippen molar-refractivity contribution in [3.05, 3.63) is 0 Å². The third-order valence-corrected chi connectivity index (χ3v) is 3.92. The number of hydrogen-bond acceptors (Lipinski definition) is 2. The first-order valence-corrected chi connectivity index (χ1v) is 6.78. The number of rotatable bonds is 7. The van der Waals surface area contributed by atoms with Crippen molar-refractivity contribution >= 4 is 18.3 Å². The summed E-state index contributed by atoms with van der Waals surface area (Å²) in [5, 5.41) is 6.55. The van der Waals surface area contributed by atoms with Crippen molar-refractivity contribution in [2.45, 2.75) is 51.5 Å². The summed E-state index contributed by atoms with van der Waals surface area (Å²) < 4.78 is 0. The minimum absolute atomic E-state index is 0. The lowest BCUT2D eigenvalue weighted by Crippen LogP contribution is -2.36. The Morgan fingerprint density at radius 1 is 1.24 bits per heavy atom. The molecule has 0 bridgehead atoms. The molecule has 3 nitrogen and oxygen atoms in total. The number of carbonyl (C=O) groups is 1. The summed E-state index contributed by atoms with van der Waals surface area (Å²) in [4.78, 5) is 11.5. The summed E-state index contributed by atoms with van der Waals surface area (Å²) in [6.45, 7) is 4.13. The van der Waals surface area contributed by atoms with Crippen LogP contribution in [-0.4, -0.2) is 25.0 Å². The molecule has 0 aromatic heterocycles. The highest BCUT2D eigenvalue weighted by atomic mass is 35.5. The van der Waals surface area contributed by atoms with Gasteiger partial charge in [-0.2, -0.15) is 0 Å². The Bertz CT molecular complexity index is 240. The highest BCUT2D eigenvalue weighted by Gasteiger charge is 2.27.